The van der Waals surface area contributed by atoms with E-state index in [1.807, 2.05) is 0 Å². The number of rotatable bonds is 0. The van der Waals surface area contributed by atoms with E-state index in [2.05, 4.69) is 0 Å². The van der Waals surface area contributed by atoms with Crippen molar-refractivity contribution >= 4 is 21.7 Å². The fourth-order valence-electron chi connectivity index (χ4n) is 0. The Kier molecular flexibility index (Phi) is 8.60. The first-order valence-electron chi connectivity index (χ1n) is 1.06. The molecule has 0 aliphatic carbocycles. The fourth-order valence-corrected chi connectivity index (χ4v) is 0. The summed E-state index contributed by atoms with van der Waals surface area (Å²) in [6, 6.07) is 0. The van der Waals surface area contributed by atoms with Gasteiger partial charge in [0.15, 0.2) is 0 Å². The van der Waals surface area contributed by atoms with Crippen LogP contribution in [0.3, 0.4) is 0 Å². The summed E-state index contributed by atoms with van der Waals surface area (Å²) in [7, 11) is 3.53. The molecule has 0 spiro atoms. The third kappa shape index (κ3) is 72.7. The molecule has 0 fully saturated rings. The molecule has 0 saturated heterocycles. The van der Waals surface area contributed by atoms with Gasteiger partial charge in [0.2, 0.25) is 0 Å². The molecule has 0 aromatic carbocycles. The Morgan fingerprint density at radius 1 is 1.40 bits per heavy atom. The van der Waals surface area contributed by atoms with Crippen molar-refractivity contribution in [1.29, 1.82) is 0 Å². The average molecular weight is 114 g/mol. The Morgan fingerprint density at radius 3 is 1.40 bits per heavy atom. The lowest BCUT2D eigenvalue weighted by molar-refractivity contribution is 0.681. The van der Waals surface area contributed by atoms with Crippen LogP contribution < -0.4 is 0 Å². The molecular weight excluding hydrogens is 104 g/mol. The summed E-state index contributed by atoms with van der Waals surface area (Å²) < 4.78 is 1.47. The maximum atomic E-state index is 5.11. The standard InChI is InChI=1S/C2H6ClN.H3P/c1-4(2)3;/h1-2H3;1H3. The van der Waals surface area contributed by atoms with E-state index in [1.54, 1.807) is 14.1 Å². The molecule has 5 heavy (non-hydrogen) atoms. The Labute approximate surface area is 41.0 Å². The zero-order valence-corrected chi connectivity index (χ0v) is 5.70. The van der Waals surface area contributed by atoms with E-state index in [0.29, 0.717) is 0 Å². The number of nitrogens with zero attached hydrogens (tertiary/aromatic N) is 1. The molecule has 1 atom stereocenters. The van der Waals surface area contributed by atoms with Crippen LogP contribution >= 0.6 is 21.7 Å². The third-order valence-electron chi connectivity index (χ3n) is 0. The van der Waals surface area contributed by atoms with Gasteiger partial charge in [-0.25, -0.2) is 4.42 Å². The summed E-state index contributed by atoms with van der Waals surface area (Å²) in [6.45, 7) is 0. The second kappa shape index (κ2) is 4.68. The molecule has 1 nitrogen and oxygen atoms in total. The largest absolute Gasteiger partial charge is 0.226 e. The Hall–Kier alpha value is 0.680. The first-order valence-corrected chi connectivity index (χ1v) is 1.40. The zero-order valence-electron chi connectivity index (χ0n) is 3.53. The van der Waals surface area contributed by atoms with Crippen LogP contribution in [-0.4, -0.2) is 18.5 Å². The van der Waals surface area contributed by atoms with E-state index in [9.17, 15) is 0 Å². The van der Waals surface area contributed by atoms with E-state index in [-0.39, 0.29) is 9.90 Å². The van der Waals surface area contributed by atoms with Crippen LogP contribution in [0, 0.1) is 0 Å². The van der Waals surface area contributed by atoms with Gasteiger partial charge in [-0.1, -0.05) is 0 Å². The smallest absolute Gasteiger partial charge is 0.00209 e. The van der Waals surface area contributed by atoms with Crippen molar-refractivity contribution in [3.63, 3.8) is 0 Å². The molecule has 0 aromatic heterocycles. The molecule has 0 bridgehead atoms. The van der Waals surface area contributed by atoms with E-state index in [1.165, 1.54) is 4.42 Å². The van der Waals surface area contributed by atoms with Gasteiger partial charge >= 0.3 is 0 Å². The first kappa shape index (κ1) is 9.19. The maximum absolute atomic E-state index is 5.11. The maximum Gasteiger partial charge on any atom is 0.00209 e. The van der Waals surface area contributed by atoms with Crippen LogP contribution in [0.25, 0.3) is 0 Å². The molecule has 0 heterocycles. The van der Waals surface area contributed by atoms with Crippen LogP contribution in [0.5, 0.6) is 0 Å². The highest BCUT2D eigenvalue weighted by Crippen LogP contribution is 1.71. The molecular formula is C2H9ClNP. The van der Waals surface area contributed by atoms with E-state index in [0.717, 1.165) is 0 Å². The summed E-state index contributed by atoms with van der Waals surface area (Å²) >= 11 is 5.11. The molecule has 0 radical (unpaired) electrons. The van der Waals surface area contributed by atoms with E-state index >= 15 is 0 Å². The third-order valence-corrected chi connectivity index (χ3v) is 0. The molecule has 0 N–H and O–H groups in total. The lowest BCUT2D eigenvalue weighted by atomic mass is 11.3. The second-order valence-corrected chi connectivity index (χ2v) is 1.46. The molecule has 0 aliphatic heterocycles. The summed E-state index contributed by atoms with van der Waals surface area (Å²) in [4.78, 5) is 0. The summed E-state index contributed by atoms with van der Waals surface area (Å²) in [5, 5.41) is 0. The number of halogens is 1. The minimum absolute atomic E-state index is 0. The Morgan fingerprint density at radius 2 is 1.40 bits per heavy atom. The van der Waals surface area contributed by atoms with E-state index in [4.69, 9.17) is 11.8 Å². The molecule has 34 valence electrons. The minimum Gasteiger partial charge on any atom is -0.226 e. The van der Waals surface area contributed by atoms with Crippen molar-refractivity contribution in [2.75, 3.05) is 14.1 Å². The predicted molar refractivity (Wildman–Crippen MR) is 30.6 cm³/mol. The van der Waals surface area contributed by atoms with Gasteiger partial charge in [0.05, 0.1) is 0 Å². The molecule has 0 aliphatic rings. The van der Waals surface area contributed by atoms with Gasteiger partial charge in [0.25, 0.3) is 0 Å². The van der Waals surface area contributed by atoms with Gasteiger partial charge in [0, 0.05) is 14.1 Å². The average Bonchev–Trinajstić information content (AvgIpc) is 0.811. The van der Waals surface area contributed by atoms with Crippen molar-refractivity contribution in [2.45, 2.75) is 0 Å². The lowest BCUT2D eigenvalue weighted by Gasteiger charge is -1.85. The summed E-state index contributed by atoms with van der Waals surface area (Å²) in [5.41, 5.74) is 0. The van der Waals surface area contributed by atoms with Gasteiger partial charge in [-0.05, 0) is 11.8 Å². The molecule has 0 aromatic rings. The van der Waals surface area contributed by atoms with Crippen molar-refractivity contribution in [3.8, 4) is 0 Å². The van der Waals surface area contributed by atoms with Gasteiger partial charge in [-0.15, -0.1) is 0 Å². The zero-order chi connectivity index (χ0) is 3.58. The number of hydrogen-bond acceptors (Lipinski definition) is 1. The van der Waals surface area contributed by atoms with Crippen LogP contribution in [0.4, 0.5) is 0 Å². The predicted octanol–water partition coefficient (Wildman–Crippen LogP) is 0.760. The van der Waals surface area contributed by atoms with Crippen molar-refractivity contribution in [1.82, 2.24) is 4.42 Å². The molecule has 3 heteroatoms. The summed E-state index contributed by atoms with van der Waals surface area (Å²) in [5.74, 6) is 0. The van der Waals surface area contributed by atoms with Crippen molar-refractivity contribution < 1.29 is 0 Å². The topological polar surface area (TPSA) is 3.24 Å². The highest BCUT2D eigenvalue weighted by atomic mass is 35.5. The van der Waals surface area contributed by atoms with Gasteiger partial charge in [-0.2, -0.15) is 9.90 Å². The summed E-state index contributed by atoms with van der Waals surface area (Å²) in [6.07, 6.45) is 0. The van der Waals surface area contributed by atoms with Crippen LogP contribution in [0.2, 0.25) is 0 Å². The number of hydrogen-bond donors (Lipinski definition) is 0. The highest BCUT2D eigenvalue weighted by Gasteiger charge is 1.62. The molecule has 0 rings (SSSR count). The monoisotopic (exact) mass is 113 g/mol. The Balaban J connectivity index is 0. The van der Waals surface area contributed by atoms with Crippen molar-refractivity contribution in [3.05, 3.63) is 0 Å². The molecule has 1 unspecified atom stereocenters. The molecule has 0 saturated carbocycles. The van der Waals surface area contributed by atoms with Crippen LogP contribution in [0.15, 0.2) is 0 Å². The second-order valence-electron chi connectivity index (χ2n) is 0.785. The van der Waals surface area contributed by atoms with Crippen LogP contribution in [-0.2, 0) is 0 Å². The van der Waals surface area contributed by atoms with Gasteiger partial charge < -0.3 is 0 Å². The first-order chi connectivity index (χ1) is 1.73. The Bertz CT molecular complexity index is 14.4. The SMILES string of the molecule is CN(C)Cl.P. The van der Waals surface area contributed by atoms with Gasteiger partial charge in [0.1, 0.15) is 0 Å². The molecule has 0 amide bonds. The minimum atomic E-state index is 0. The lowest BCUT2D eigenvalue weighted by Crippen LogP contribution is -1.89. The van der Waals surface area contributed by atoms with E-state index < -0.39 is 0 Å². The van der Waals surface area contributed by atoms with Gasteiger partial charge in [-0.3, -0.25) is 0 Å². The van der Waals surface area contributed by atoms with Crippen molar-refractivity contribution in [2.24, 2.45) is 0 Å². The van der Waals surface area contributed by atoms with Crippen LogP contribution in [0.1, 0.15) is 0 Å². The fraction of sp³-hybridized carbons (Fsp3) is 1.00. The quantitative estimate of drug-likeness (QED) is 0.331. The highest BCUT2D eigenvalue weighted by molar-refractivity contribution is 6.92. The normalized spacial score (nSPS) is 7.20.